The molecular formula is C17H17N3O5S. The number of methoxy groups -OCH3 is 2. The first-order valence-electron chi connectivity index (χ1n) is 7.45. The Morgan fingerprint density at radius 1 is 1.19 bits per heavy atom. The third-order valence-electron chi connectivity index (χ3n) is 3.63. The monoisotopic (exact) mass is 375 g/mol. The molecule has 0 saturated carbocycles. The molecule has 0 aromatic heterocycles. The highest BCUT2D eigenvalue weighted by Crippen LogP contribution is 2.26. The Bertz CT molecular complexity index is 869. The Hall–Kier alpha value is -3.20. The molecule has 0 radical (unpaired) electrons. The number of nitro benzene ring substituents is 1. The molecule has 0 atom stereocenters. The Kier molecular flexibility index (Phi) is 6.07. The minimum atomic E-state index is -0.482. The maximum absolute atomic E-state index is 12.4. The van der Waals surface area contributed by atoms with Gasteiger partial charge in [0.1, 0.15) is 11.5 Å². The fraction of sp³-hybridized carbons (Fsp3) is 0.176. The van der Waals surface area contributed by atoms with Gasteiger partial charge in [0.15, 0.2) is 5.11 Å². The van der Waals surface area contributed by atoms with Crippen molar-refractivity contribution in [3.63, 3.8) is 0 Å². The quantitative estimate of drug-likeness (QED) is 0.470. The summed E-state index contributed by atoms with van der Waals surface area (Å²) in [5, 5.41) is 16.3. The van der Waals surface area contributed by atoms with E-state index in [2.05, 4.69) is 10.6 Å². The van der Waals surface area contributed by atoms with Crippen molar-refractivity contribution in [2.24, 2.45) is 0 Å². The van der Waals surface area contributed by atoms with Crippen molar-refractivity contribution in [1.82, 2.24) is 5.32 Å². The molecule has 2 rings (SSSR count). The molecular weight excluding hydrogens is 358 g/mol. The van der Waals surface area contributed by atoms with Crippen LogP contribution in [-0.2, 0) is 0 Å². The highest BCUT2D eigenvalue weighted by molar-refractivity contribution is 7.80. The highest BCUT2D eigenvalue weighted by Gasteiger charge is 2.17. The van der Waals surface area contributed by atoms with Crippen LogP contribution in [0.2, 0.25) is 0 Å². The predicted octanol–water partition coefficient (Wildman–Crippen LogP) is 3.05. The second-order valence-corrected chi connectivity index (χ2v) is 5.59. The smallest absolute Gasteiger partial charge is 0.274 e. The third-order valence-corrected chi connectivity index (χ3v) is 3.83. The lowest BCUT2D eigenvalue weighted by molar-refractivity contribution is -0.385. The van der Waals surface area contributed by atoms with Crippen LogP contribution in [0.15, 0.2) is 36.4 Å². The summed E-state index contributed by atoms with van der Waals surface area (Å²) in [5.74, 6) is 0.396. The van der Waals surface area contributed by atoms with Gasteiger partial charge in [-0.1, -0.05) is 6.07 Å². The van der Waals surface area contributed by atoms with Crippen LogP contribution in [0.25, 0.3) is 0 Å². The minimum absolute atomic E-state index is 0.0106. The van der Waals surface area contributed by atoms with Crippen molar-refractivity contribution in [3.8, 4) is 11.5 Å². The van der Waals surface area contributed by atoms with Crippen molar-refractivity contribution in [3.05, 3.63) is 57.6 Å². The number of carbonyl (C=O) groups is 1. The van der Waals surface area contributed by atoms with Crippen LogP contribution >= 0.6 is 12.2 Å². The van der Waals surface area contributed by atoms with E-state index >= 15 is 0 Å². The SMILES string of the molecule is COc1ccc(C(=O)NC(=S)Nc2cccc([N+](=O)[O-])c2C)c(OC)c1. The van der Waals surface area contributed by atoms with Crippen molar-refractivity contribution in [1.29, 1.82) is 0 Å². The number of rotatable bonds is 5. The number of hydrogen-bond donors (Lipinski definition) is 2. The second kappa shape index (κ2) is 8.26. The van der Waals surface area contributed by atoms with E-state index in [1.165, 1.54) is 26.4 Å². The standard InChI is InChI=1S/C17H17N3O5S/c1-10-13(5-4-6-14(10)20(22)23)18-17(26)19-16(21)12-8-7-11(24-2)9-15(12)25-3/h4-9H,1-3H3,(H2,18,19,21,26). The van der Waals surface area contributed by atoms with E-state index < -0.39 is 10.8 Å². The number of anilines is 1. The molecule has 0 saturated heterocycles. The molecule has 0 heterocycles. The molecule has 2 aromatic carbocycles. The van der Waals surface area contributed by atoms with E-state index in [0.717, 1.165) is 0 Å². The van der Waals surface area contributed by atoms with Gasteiger partial charge in [0, 0.05) is 12.1 Å². The maximum Gasteiger partial charge on any atom is 0.274 e. The normalized spacial score (nSPS) is 9.96. The number of hydrogen-bond acceptors (Lipinski definition) is 6. The third kappa shape index (κ3) is 4.25. The molecule has 136 valence electrons. The number of thiocarbonyl (C=S) groups is 1. The van der Waals surface area contributed by atoms with Crippen LogP contribution in [0.4, 0.5) is 11.4 Å². The van der Waals surface area contributed by atoms with Crippen LogP contribution in [0.3, 0.4) is 0 Å². The molecule has 8 nitrogen and oxygen atoms in total. The van der Waals surface area contributed by atoms with Crippen LogP contribution in [0.5, 0.6) is 11.5 Å². The van der Waals surface area contributed by atoms with Crippen molar-refractivity contribution in [2.75, 3.05) is 19.5 Å². The molecule has 2 aromatic rings. The highest BCUT2D eigenvalue weighted by atomic mass is 32.1. The number of ether oxygens (including phenoxy) is 2. The first-order chi connectivity index (χ1) is 12.4. The average molecular weight is 375 g/mol. The van der Waals surface area contributed by atoms with Gasteiger partial charge in [-0.25, -0.2) is 0 Å². The zero-order valence-electron chi connectivity index (χ0n) is 14.4. The average Bonchev–Trinajstić information content (AvgIpc) is 2.62. The topological polar surface area (TPSA) is 103 Å². The van der Waals surface area contributed by atoms with Crippen LogP contribution in [0, 0.1) is 17.0 Å². The second-order valence-electron chi connectivity index (χ2n) is 5.18. The minimum Gasteiger partial charge on any atom is -0.497 e. The molecule has 2 N–H and O–H groups in total. The lowest BCUT2D eigenvalue weighted by Crippen LogP contribution is -2.34. The molecule has 0 aliphatic heterocycles. The van der Waals surface area contributed by atoms with Crippen LogP contribution in [0.1, 0.15) is 15.9 Å². The lowest BCUT2D eigenvalue weighted by atomic mass is 10.1. The molecule has 9 heteroatoms. The van der Waals surface area contributed by atoms with Crippen molar-refractivity contribution < 1.29 is 19.2 Å². The summed E-state index contributed by atoms with van der Waals surface area (Å²) in [5.41, 5.74) is 1.08. The van der Waals surface area contributed by atoms with Crippen molar-refractivity contribution in [2.45, 2.75) is 6.92 Å². The summed E-state index contributed by atoms with van der Waals surface area (Å²) in [6, 6.07) is 9.31. The summed E-state index contributed by atoms with van der Waals surface area (Å²) < 4.78 is 10.3. The Morgan fingerprint density at radius 3 is 2.54 bits per heavy atom. The molecule has 0 unspecified atom stereocenters. The van der Waals surface area contributed by atoms with Gasteiger partial charge in [-0.15, -0.1) is 0 Å². The van der Waals surface area contributed by atoms with Crippen molar-refractivity contribution >= 4 is 34.6 Å². The Balaban J connectivity index is 2.15. The number of benzene rings is 2. The first-order valence-corrected chi connectivity index (χ1v) is 7.86. The van der Waals surface area contributed by atoms with Gasteiger partial charge in [0.05, 0.1) is 36.0 Å². The van der Waals surface area contributed by atoms with E-state index in [4.69, 9.17) is 21.7 Å². The number of nitrogens with one attached hydrogen (secondary N) is 2. The summed E-state index contributed by atoms with van der Waals surface area (Å²) in [7, 11) is 2.95. The molecule has 0 bridgehead atoms. The zero-order chi connectivity index (χ0) is 19.3. The predicted molar refractivity (Wildman–Crippen MR) is 101 cm³/mol. The van der Waals surface area contributed by atoms with E-state index in [-0.39, 0.29) is 16.4 Å². The van der Waals surface area contributed by atoms with Gasteiger partial charge in [0.2, 0.25) is 0 Å². The summed E-state index contributed by atoms with van der Waals surface area (Å²) in [6.45, 7) is 1.59. The number of nitro groups is 1. The van der Waals surface area contributed by atoms with E-state index in [0.29, 0.717) is 22.7 Å². The van der Waals surface area contributed by atoms with Crippen LogP contribution in [-0.4, -0.2) is 30.2 Å². The molecule has 1 amide bonds. The van der Waals surface area contributed by atoms with Crippen LogP contribution < -0.4 is 20.1 Å². The fourth-order valence-corrected chi connectivity index (χ4v) is 2.47. The molecule has 0 aliphatic rings. The largest absolute Gasteiger partial charge is 0.497 e. The van der Waals surface area contributed by atoms with Gasteiger partial charge in [-0.05, 0) is 37.3 Å². The molecule has 26 heavy (non-hydrogen) atoms. The summed E-state index contributed by atoms with van der Waals surface area (Å²) >= 11 is 5.13. The lowest BCUT2D eigenvalue weighted by Gasteiger charge is -2.13. The molecule has 0 spiro atoms. The Morgan fingerprint density at radius 2 is 1.92 bits per heavy atom. The van der Waals surface area contributed by atoms with Gasteiger partial charge in [-0.3, -0.25) is 20.2 Å². The van der Waals surface area contributed by atoms with Gasteiger partial charge in [-0.2, -0.15) is 0 Å². The van der Waals surface area contributed by atoms with Gasteiger partial charge in [0.25, 0.3) is 11.6 Å². The van der Waals surface area contributed by atoms with Gasteiger partial charge < -0.3 is 14.8 Å². The maximum atomic E-state index is 12.4. The summed E-state index contributed by atoms with van der Waals surface area (Å²) in [4.78, 5) is 22.9. The molecule has 0 fully saturated rings. The first kappa shape index (κ1) is 19.1. The van der Waals surface area contributed by atoms with E-state index in [1.807, 2.05) is 0 Å². The number of amides is 1. The fourth-order valence-electron chi connectivity index (χ4n) is 2.27. The zero-order valence-corrected chi connectivity index (χ0v) is 15.2. The van der Waals surface area contributed by atoms with E-state index in [1.54, 1.807) is 31.2 Å². The Labute approximate surface area is 155 Å². The molecule has 0 aliphatic carbocycles. The van der Waals surface area contributed by atoms with E-state index in [9.17, 15) is 14.9 Å². The number of nitrogens with zero attached hydrogens (tertiary/aromatic N) is 1. The number of carbonyl (C=O) groups excluding carboxylic acids is 1. The van der Waals surface area contributed by atoms with Gasteiger partial charge >= 0.3 is 0 Å². The summed E-state index contributed by atoms with van der Waals surface area (Å²) in [6.07, 6.45) is 0.